The van der Waals surface area contributed by atoms with E-state index in [0.717, 1.165) is 19.3 Å². The molecule has 0 radical (unpaired) electrons. The zero-order chi connectivity index (χ0) is 13.4. The number of hydrogen-bond acceptors (Lipinski definition) is 4. The average molecular weight is 274 g/mol. The Morgan fingerprint density at radius 3 is 2.50 bits per heavy atom. The van der Waals surface area contributed by atoms with E-state index in [-0.39, 0.29) is 28.9 Å². The summed E-state index contributed by atoms with van der Waals surface area (Å²) < 4.78 is 22.8. The maximum Gasteiger partial charge on any atom is 0.223 e. The molecule has 2 fully saturated rings. The first-order chi connectivity index (χ1) is 8.37. The van der Waals surface area contributed by atoms with E-state index >= 15 is 0 Å². The number of nitrogens with two attached hydrogens (primary N) is 1. The van der Waals surface area contributed by atoms with E-state index < -0.39 is 9.84 Å². The van der Waals surface area contributed by atoms with Crippen molar-refractivity contribution in [3.63, 3.8) is 0 Å². The fourth-order valence-electron chi connectivity index (χ4n) is 2.86. The van der Waals surface area contributed by atoms with Crippen LogP contribution < -0.4 is 5.73 Å². The Morgan fingerprint density at radius 1 is 1.44 bits per heavy atom. The topological polar surface area (TPSA) is 80.5 Å². The van der Waals surface area contributed by atoms with Crippen molar-refractivity contribution in [3.05, 3.63) is 0 Å². The predicted molar refractivity (Wildman–Crippen MR) is 69.8 cm³/mol. The minimum absolute atomic E-state index is 0.0111. The zero-order valence-corrected chi connectivity index (χ0v) is 11.7. The first kappa shape index (κ1) is 13.8. The highest BCUT2D eigenvalue weighted by molar-refractivity contribution is 7.91. The summed E-state index contributed by atoms with van der Waals surface area (Å²) in [6.07, 6.45) is 4.22. The van der Waals surface area contributed by atoms with E-state index in [1.807, 2.05) is 0 Å². The number of nitrogens with zero attached hydrogens (tertiary/aromatic N) is 1. The third-order valence-electron chi connectivity index (χ3n) is 4.52. The van der Waals surface area contributed by atoms with Crippen molar-refractivity contribution in [1.29, 1.82) is 0 Å². The van der Waals surface area contributed by atoms with Crippen molar-refractivity contribution in [1.82, 2.24) is 4.90 Å². The summed E-state index contributed by atoms with van der Waals surface area (Å²) in [5, 5.41) is 0. The molecule has 0 spiro atoms. The van der Waals surface area contributed by atoms with Crippen molar-refractivity contribution in [2.45, 2.75) is 38.1 Å². The molecule has 2 rings (SSSR count). The van der Waals surface area contributed by atoms with Crippen LogP contribution in [-0.4, -0.2) is 50.4 Å². The van der Waals surface area contributed by atoms with Gasteiger partial charge in [-0.2, -0.15) is 0 Å². The molecule has 1 saturated heterocycles. The van der Waals surface area contributed by atoms with E-state index in [2.05, 4.69) is 0 Å². The van der Waals surface area contributed by atoms with Crippen LogP contribution in [0.15, 0.2) is 0 Å². The lowest BCUT2D eigenvalue weighted by molar-refractivity contribution is -0.135. The lowest BCUT2D eigenvalue weighted by atomic mass is 9.66. The van der Waals surface area contributed by atoms with Gasteiger partial charge in [-0.05, 0) is 31.2 Å². The third kappa shape index (κ3) is 2.69. The van der Waals surface area contributed by atoms with E-state index in [9.17, 15) is 13.2 Å². The van der Waals surface area contributed by atoms with Crippen LogP contribution in [0.2, 0.25) is 0 Å². The maximum atomic E-state index is 12.2. The Hall–Kier alpha value is -0.620. The lowest BCUT2D eigenvalue weighted by Crippen LogP contribution is -2.45. The number of hydrogen-bond donors (Lipinski definition) is 1. The molecule has 104 valence electrons. The summed E-state index contributed by atoms with van der Waals surface area (Å²) in [7, 11) is -1.21. The van der Waals surface area contributed by atoms with Gasteiger partial charge < -0.3 is 10.6 Å². The summed E-state index contributed by atoms with van der Waals surface area (Å²) in [6.45, 7) is 0.551. The molecule has 0 aromatic heterocycles. The summed E-state index contributed by atoms with van der Waals surface area (Å²) >= 11 is 0. The van der Waals surface area contributed by atoms with Crippen LogP contribution in [0.25, 0.3) is 0 Å². The Balaban J connectivity index is 1.93. The second kappa shape index (κ2) is 4.81. The number of sulfone groups is 1. The molecule has 6 heteroatoms. The molecule has 1 aliphatic carbocycles. The molecule has 2 N–H and O–H groups in total. The lowest BCUT2D eigenvalue weighted by Gasteiger charge is -2.41. The summed E-state index contributed by atoms with van der Waals surface area (Å²) in [5.41, 5.74) is 5.74. The van der Waals surface area contributed by atoms with Gasteiger partial charge in [-0.1, -0.05) is 6.42 Å². The SMILES string of the molecule is CN(C(=O)CC1(CN)CCC1)C1CCS(=O)(=O)C1. The first-order valence-corrected chi connectivity index (χ1v) is 8.36. The molecule has 1 saturated carbocycles. The number of carbonyl (C=O) groups is 1. The molecular formula is C12H22N2O3S. The van der Waals surface area contributed by atoms with Gasteiger partial charge in [0.1, 0.15) is 0 Å². The molecule has 1 atom stereocenters. The smallest absolute Gasteiger partial charge is 0.223 e. The number of amides is 1. The van der Waals surface area contributed by atoms with Crippen LogP contribution >= 0.6 is 0 Å². The van der Waals surface area contributed by atoms with Gasteiger partial charge in [0.2, 0.25) is 5.91 Å². The van der Waals surface area contributed by atoms with Crippen LogP contribution in [0.4, 0.5) is 0 Å². The van der Waals surface area contributed by atoms with Gasteiger partial charge in [0.15, 0.2) is 9.84 Å². The Bertz CT molecular complexity index is 423. The van der Waals surface area contributed by atoms with Crippen molar-refractivity contribution in [2.24, 2.45) is 11.1 Å². The summed E-state index contributed by atoms with van der Waals surface area (Å²) in [6, 6.07) is -0.141. The van der Waals surface area contributed by atoms with Gasteiger partial charge in [-0.3, -0.25) is 4.79 Å². The maximum absolute atomic E-state index is 12.2. The average Bonchev–Trinajstić information content (AvgIpc) is 2.63. The van der Waals surface area contributed by atoms with Gasteiger partial charge in [0.25, 0.3) is 0 Å². The molecular weight excluding hydrogens is 252 g/mol. The fraction of sp³-hybridized carbons (Fsp3) is 0.917. The van der Waals surface area contributed by atoms with E-state index in [1.54, 1.807) is 11.9 Å². The second-order valence-electron chi connectivity index (χ2n) is 5.80. The normalized spacial score (nSPS) is 28.7. The Kier molecular flexibility index (Phi) is 3.69. The van der Waals surface area contributed by atoms with Crippen molar-refractivity contribution < 1.29 is 13.2 Å². The summed E-state index contributed by atoms with van der Waals surface area (Å²) in [4.78, 5) is 13.8. The highest BCUT2D eigenvalue weighted by Gasteiger charge is 2.40. The molecule has 0 aromatic rings. The zero-order valence-electron chi connectivity index (χ0n) is 10.9. The minimum atomic E-state index is -2.93. The first-order valence-electron chi connectivity index (χ1n) is 6.54. The fourth-order valence-corrected chi connectivity index (χ4v) is 4.63. The summed E-state index contributed by atoms with van der Waals surface area (Å²) in [5.74, 6) is 0.365. The van der Waals surface area contributed by atoms with Crippen LogP contribution in [0.3, 0.4) is 0 Å². The Labute approximate surface area is 109 Å². The molecule has 1 heterocycles. The van der Waals surface area contributed by atoms with Gasteiger partial charge in [0, 0.05) is 19.5 Å². The van der Waals surface area contributed by atoms with E-state index in [0.29, 0.717) is 19.4 Å². The van der Waals surface area contributed by atoms with Crippen LogP contribution in [0.5, 0.6) is 0 Å². The predicted octanol–water partition coefficient (Wildman–Crippen LogP) is 0.151. The largest absolute Gasteiger partial charge is 0.342 e. The van der Waals surface area contributed by atoms with Crippen LogP contribution in [0.1, 0.15) is 32.1 Å². The van der Waals surface area contributed by atoms with E-state index in [4.69, 9.17) is 5.73 Å². The van der Waals surface area contributed by atoms with Crippen molar-refractivity contribution >= 4 is 15.7 Å². The molecule has 18 heavy (non-hydrogen) atoms. The molecule has 1 amide bonds. The standard InChI is InChI=1S/C12H22N2O3S/c1-14(10-3-6-18(16,17)8-10)11(15)7-12(9-13)4-2-5-12/h10H,2-9,13H2,1H3. The quantitative estimate of drug-likeness (QED) is 0.791. The highest BCUT2D eigenvalue weighted by atomic mass is 32.2. The van der Waals surface area contributed by atoms with E-state index in [1.165, 1.54) is 0 Å². The molecule has 1 unspecified atom stereocenters. The van der Waals surface area contributed by atoms with Gasteiger partial charge in [-0.15, -0.1) is 0 Å². The van der Waals surface area contributed by atoms with Gasteiger partial charge in [-0.25, -0.2) is 8.42 Å². The number of carbonyl (C=O) groups excluding carboxylic acids is 1. The van der Waals surface area contributed by atoms with Crippen molar-refractivity contribution in [2.75, 3.05) is 25.1 Å². The van der Waals surface area contributed by atoms with Gasteiger partial charge >= 0.3 is 0 Å². The monoisotopic (exact) mass is 274 g/mol. The molecule has 0 bridgehead atoms. The molecule has 0 aromatic carbocycles. The molecule has 1 aliphatic heterocycles. The highest BCUT2D eigenvalue weighted by Crippen LogP contribution is 2.43. The molecule has 2 aliphatic rings. The van der Waals surface area contributed by atoms with Gasteiger partial charge in [0.05, 0.1) is 11.5 Å². The number of rotatable bonds is 4. The van der Waals surface area contributed by atoms with Crippen LogP contribution in [0, 0.1) is 5.41 Å². The van der Waals surface area contributed by atoms with Crippen LogP contribution in [-0.2, 0) is 14.6 Å². The minimum Gasteiger partial charge on any atom is -0.342 e. The second-order valence-corrected chi connectivity index (χ2v) is 8.02. The van der Waals surface area contributed by atoms with Crippen molar-refractivity contribution in [3.8, 4) is 0 Å². The third-order valence-corrected chi connectivity index (χ3v) is 6.27. The molecule has 5 nitrogen and oxygen atoms in total. The Morgan fingerprint density at radius 2 is 2.11 bits per heavy atom.